The Balaban J connectivity index is 2.34. The van der Waals surface area contributed by atoms with Crippen LogP contribution in [0.1, 0.15) is 6.92 Å². The summed E-state index contributed by atoms with van der Waals surface area (Å²) in [5, 5.41) is 13.1. The third kappa shape index (κ3) is 2.65. The number of para-hydroxylation sites is 2. The molecule has 0 bridgehead atoms. The zero-order valence-corrected chi connectivity index (χ0v) is 11.3. The molecule has 1 aromatic carbocycles. The fourth-order valence-electron chi connectivity index (χ4n) is 1.79. The van der Waals surface area contributed by atoms with Crippen LogP contribution < -0.4 is 4.57 Å². The number of benzene rings is 1. The summed E-state index contributed by atoms with van der Waals surface area (Å²) < 4.78 is 8.28. The lowest BCUT2D eigenvalue weighted by Crippen LogP contribution is -2.25. The van der Waals surface area contributed by atoms with E-state index in [1.165, 1.54) is 6.21 Å². The van der Waals surface area contributed by atoms with Crippen LogP contribution in [0.15, 0.2) is 41.3 Å². The summed E-state index contributed by atoms with van der Waals surface area (Å²) in [7, 11) is 1.90. The molecule has 2 rings (SSSR count). The molecule has 20 heavy (non-hydrogen) atoms. The Morgan fingerprint density at radius 1 is 1.55 bits per heavy atom. The number of rotatable bonds is 4. The van der Waals surface area contributed by atoms with Gasteiger partial charge in [0.2, 0.25) is 5.52 Å². The first-order valence-electron chi connectivity index (χ1n) is 6.11. The van der Waals surface area contributed by atoms with Crippen LogP contribution >= 0.6 is 0 Å². The van der Waals surface area contributed by atoms with Gasteiger partial charge in [-0.1, -0.05) is 21.9 Å². The van der Waals surface area contributed by atoms with Gasteiger partial charge in [0, 0.05) is 0 Å². The van der Waals surface area contributed by atoms with Crippen LogP contribution in [0.3, 0.4) is 0 Å². The van der Waals surface area contributed by atoms with Crippen LogP contribution in [0.4, 0.5) is 0 Å². The number of hydrogen-bond donors (Lipinski definition) is 0. The number of imidazole rings is 1. The lowest BCUT2D eigenvalue weighted by molar-refractivity contribution is -0.645. The summed E-state index contributed by atoms with van der Waals surface area (Å²) in [6.45, 7) is 1.91. The van der Waals surface area contributed by atoms with E-state index in [9.17, 15) is 4.79 Å². The van der Waals surface area contributed by atoms with Gasteiger partial charge in [-0.05, 0) is 19.1 Å². The Hall–Kier alpha value is -2.72. The molecule has 0 saturated heterocycles. The highest BCUT2D eigenvalue weighted by molar-refractivity contribution is 6.17. The lowest BCUT2D eigenvalue weighted by Gasteiger charge is -1.99. The van der Waals surface area contributed by atoms with Gasteiger partial charge < -0.3 is 10.1 Å². The summed E-state index contributed by atoms with van der Waals surface area (Å²) >= 11 is 0. The molecule has 0 N–H and O–H groups in total. The van der Waals surface area contributed by atoms with E-state index in [2.05, 4.69) is 5.10 Å². The SMILES string of the molecule is CCOC(=O)C(=C=[N-])/C=N/n1c[n+](C)c2ccccc21. The molecule has 2 aromatic rings. The molecule has 0 saturated carbocycles. The van der Waals surface area contributed by atoms with Gasteiger partial charge in [0.1, 0.15) is 5.57 Å². The van der Waals surface area contributed by atoms with E-state index in [0.717, 1.165) is 11.0 Å². The monoisotopic (exact) mass is 270 g/mol. The number of nitrogens with zero attached hydrogens (tertiary/aromatic N) is 4. The first-order chi connectivity index (χ1) is 9.67. The van der Waals surface area contributed by atoms with Gasteiger partial charge in [0.15, 0.2) is 5.52 Å². The first kappa shape index (κ1) is 13.7. The average Bonchev–Trinajstić information content (AvgIpc) is 2.77. The second kappa shape index (κ2) is 5.95. The molecule has 102 valence electrons. The Morgan fingerprint density at radius 2 is 2.30 bits per heavy atom. The molecule has 6 nitrogen and oxygen atoms in total. The summed E-state index contributed by atoms with van der Waals surface area (Å²) in [6, 6.07) is 7.70. The van der Waals surface area contributed by atoms with Crippen molar-refractivity contribution in [3.63, 3.8) is 0 Å². The smallest absolute Gasteiger partial charge is 0.345 e. The maximum Gasteiger partial charge on any atom is 0.345 e. The second-order valence-electron chi connectivity index (χ2n) is 4.05. The number of carbonyl (C=O) groups is 1. The van der Waals surface area contributed by atoms with E-state index in [-0.39, 0.29) is 12.2 Å². The third-order valence-corrected chi connectivity index (χ3v) is 2.72. The van der Waals surface area contributed by atoms with Gasteiger partial charge in [0.05, 0.1) is 19.9 Å². The maximum atomic E-state index is 11.5. The van der Waals surface area contributed by atoms with Crippen LogP contribution in [0.2, 0.25) is 0 Å². The molecule has 0 aliphatic carbocycles. The minimum atomic E-state index is -0.667. The van der Waals surface area contributed by atoms with Crippen molar-refractivity contribution >= 4 is 29.1 Å². The fraction of sp³-hybridized carbons (Fsp3) is 0.214. The summed E-state index contributed by atoms with van der Waals surface area (Å²) in [4.78, 5) is 11.5. The molecule has 0 unspecified atom stereocenters. The maximum absolute atomic E-state index is 11.5. The molecule has 0 atom stereocenters. The van der Waals surface area contributed by atoms with Crippen LogP contribution in [0.5, 0.6) is 0 Å². The summed E-state index contributed by atoms with van der Waals surface area (Å²) in [6.07, 6.45) is 2.98. The number of fused-ring (bicyclic) bond motifs is 1. The molecule has 0 aliphatic rings. The van der Waals surface area contributed by atoms with Gasteiger partial charge in [-0.2, -0.15) is 0 Å². The van der Waals surface area contributed by atoms with E-state index in [0.29, 0.717) is 0 Å². The van der Waals surface area contributed by atoms with Crippen molar-refractivity contribution < 1.29 is 14.1 Å². The van der Waals surface area contributed by atoms with Crippen LogP contribution in [0.25, 0.3) is 16.4 Å². The predicted molar refractivity (Wildman–Crippen MR) is 75.5 cm³/mol. The minimum Gasteiger partial charge on any atom is -0.763 e. The molecule has 1 aromatic heterocycles. The minimum absolute atomic E-state index is 0.132. The largest absolute Gasteiger partial charge is 0.763 e. The topological polar surface area (TPSA) is 69.8 Å². The average molecular weight is 270 g/mol. The number of carbonyl (C=O) groups excluding carboxylic acids is 1. The molecular weight excluding hydrogens is 256 g/mol. The van der Waals surface area contributed by atoms with Crippen molar-refractivity contribution in [1.82, 2.24) is 4.68 Å². The normalized spacial score (nSPS) is 10.7. The van der Waals surface area contributed by atoms with Crippen LogP contribution in [-0.2, 0) is 16.6 Å². The highest BCUT2D eigenvalue weighted by Gasteiger charge is 2.12. The lowest BCUT2D eigenvalue weighted by atomic mass is 10.3. The van der Waals surface area contributed by atoms with E-state index < -0.39 is 5.97 Å². The van der Waals surface area contributed by atoms with Crippen molar-refractivity contribution in [1.29, 1.82) is 0 Å². The molecule has 6 heteroatoms. The van der Waals surface area contributed by atoms with E-state index in [4.69, 9.17) is 10.1 Å². The predicted octanol–water partition coefficient (Wildman–Crippen LogP) is 1.03. The van der Waals surface area contributed by atoms with Crippen LogP contribution in [-0.4, -0.2) is 29.3 Å². The van der Waals surface area contributed by atoms with E-state index in [1.807, 2.05) is 35.9 Å². The fourth-order valence-corrected chi connectivity index (χ4v) is 1.79. The molecule has 0 fully saturated rings. The molecule has 0 aliphatic heterocycles. The van der Waals surface area contributed by atoms with Crippen molar-refractivity contribution in [2.24, 2.45) is 12.1 Å². The van der Waals surface area contributed by atoms with Gasteiger partial charge in [0.25, 0.3) is 6.33 Å². The number of aromatic nitrogens is 2. The molecule has 0 amide bonds. The van der Waals surface area contributed by atoms with Crippen LogP contribution in [0, 0.1) is 0 Å². The number of esters is 1. The van der Waals surface area contributed by atoms with E-state index in [1.54, 1.807) is 23.8 Å². The number of hydrogen-bond acceptors (Lipinski definition) is 3. The molecule has 1 heterocycles. The Morgan fingerprint density at radius 3 is 3.00 bits per heavy atom. The quantitative estimate of drug-likeness (QED) is 0.360. The highest BCUT2D eigenvalue weighted by Crippen LogP contribution is 2.09. The Bertz CT molecular complexity index is 724. The first-order valence-corrected chi connectivity index (χ1v) is 6.11. The molecule has 0 spiro atoms. The Labute approximate surface area is 116 Å². The summed E-state index contributed by atoms with van der Waals surface area (Å²) in [5.74, 6) is 1.12. The number of aryl methyl sites for hydroxylation is 1. The van der Waals surface area contributed by atoms with Crippen molar-refractivity contribution in [3.8, 4) is 0 Å². The van der Waals surface area contributed by atoms with Gasteiger partial charge in [-0.25, -0.2) is 9.36 Å². The third-order valence-electron chi connectivity index (χ3n) is 2.72. The van der Waals surface area contributed by atoms with Crippen molar-refractivity contribution in [3.05, 3.63) is 41.6 Å². The summed E-state index contributed by atoms with van der Waals surface area (Å²) in [5.41, 5.74) is 1.75. The van der Waals surface area contributed by atoms with Gasteiger partial charge in [-0.3, -0.25) is 5.87 Å². The number of ether oxygens (including phenoxy) is 1. The van der Waals surface area contributed by atoms with E-state index >= 15 is 0 Å². The molecular formula is C14H14N4O2. The van der Waals surface area contributed by atoms with Crippen molar-refractivity contribution in [2.75, 3.05) is 6.61 Å². The zero-order valence-electron chi connectivity index (χ0n) is 11.3. The Kier molecular flexibility index (Phi) is 4.08. The second-order valence-corrected chi connectivity index (χ2v) is 4.05. The van der Waals surface area contributed by atoms with Gasteiger partial charge in [-0.15, -0.1) is 0 Å². The zero-order chi connectivity index (χ0) is 14.5. The standard InChI is InChI=1S/C14H14N4O2/c1-3-20-14(19)11(8-15)9-16-18-10-17(2)12-6-4-5-7-13(12)18/h4-7,9-10H,3H2,1-2H3/b16-9+. The highest BCUT2D eigenvalue weighted by atomic mass is 16.5. The molecule has 0 radical (unpaired) electrons. The van der Waals surface area contributed by atoms with Gasteiger partial charge >= 0.3 is 5.97 Å². The van der Waals surface area contributed by atoms with Crippen molar-refractivity contribution in [2.45, 2.75) is 6.92 Å².